The minimum atomic E-state index is -1.42. The maximum atomic E-state index is 13.0. The highest BCUT2D eigenvalue weighted by Gasteiger charge is 2.19. The van der Waals surface area contributed by atoms with E-state index in [4.69, 9.17) is 4.74 Å². The molecule has 1 aromatic rings. The second kappa shape index (κ2) is 5.71. The van der Waals surface area contributed by atoms with Crippen LogP contribution in [0.2, 0.25) is 0 Å². The molecule has 0 amide bonds. The summed E-state index contributed by atoms with van der Waals surface area (Å²) in [4.78, 5) is 0. The van der Waals surface area contributed by atoms with Crippen LogP contribution in [-0.4, -0.2) is 18.8 Å². The summed E-state index contributed by atoms with van der Waals surface area (Å²) in [5.41, 5.74) is 0.408. The monoisotopic (exact) mass is 259 g/mol. The van der Waals surface area contributed by atoms with Gasteiger partial charge in [-0.05, 0) is 37.5 Å². The molecule has 0 aliphatic carbocycles. The zero-order valence-electron chi connectivity index (χ0n) is 10.2. The Morgan fingerprint density at radius 2 is 1.94 bits per heavy atom. The molecular formula is C13H16F3NO. The Bertz CT molecular complexity index is 402. The first-order valence-corrected chi connectivity index (χ1v) is 6.04. The van der Waals surface area contributed by atoms with E-state index < -0.39 is 17.5 Å². The Hall–Kier alpha value is -1.07. The van der Waals surface area contributed by atoms with Crippen LogP contribution >= 0.6 is 0 Å². The van der Waals surface area contributed by atoms with Gasteiger partial charge in [-0.1, -0.05) is 0 Å². The Morgan fingerprint density at radius 1 is 1.28 bits per heavy atom. The summed E-state index contributed by atoms with van der Waals surface area (Å²) in [6, 6.07) is 2.31. The fraction of sp³-hybridized carbons (Fsp3) is 0.538. The lowest BCUT2D eigenvalue weighted by molar-refractivity contribution is 0.0130. The smallest absolute Gasteiger partial charge is 0.194 e. The van der Waals surface area contributed by atoms with E-state index in [1.807, 2.05) is 6.92 Å². The van der Waals surface area contributed by atoms with Crippen molar-refractivity contribution in [3.63, 3.8) is 0 Å². The minimum absolute atomic E-state index is 0.193. The van der Waals surface area contributed by atoms with Gasteiger partial charge in [0.2, 0.25) is 0 Å². The largest absolute Gasteiger partial charge is 0.378 e. The Balaban J connectivity index is 1.94. The number of ether oxygens (including phenoxy) is 1. The zero-order valence-corrected chi connectivity index (χ0v) is 10.2. The van der Waals surface area contributed by atoms with Gasteiger partial charge in [0.25, 0.3) is 0 Å². The third kappa shape index (κ3) is 3.23. The highest BCUT2D eigenvalue weighted by Crippen LogP contribution is 2.16. The van der Waals surface area contributed by atoms with E-state index in [1.165, 1.54) is 0 Å². The maximum absolute atomic E-state index is 13.0. The van der Waals surface area contributed by atoms with Crippen LogP contribution in [0, 0.1) is 17.5 Å². The topological polar surface area (TPSA) is 21.3 Å². The fourth-order valence-electron chi connectivity index (χ4n) is 2.16. The molecule has 2 nitrogen and oxygen atoms in total. The highest BCUT2D eigenvalue weighted by atomic mass is 19.2. The van der Waals surface area contributed by atoms with Crippen molar-refractivity contribution < 1.29 is 17.9 Å². The summed E-state index contributed by atoms with van der Waals surface area (Å²) in [7, 11) is 0. The standard InChI is InChI=1S/C13H16F3NO/c1-8-4-10(2-3-18-8)17-7-9-5-11(14)13(16)12(15)6-9/h5-6,8,10,17H,2-4,7H2,1H3. The lowest BCUT2D eigenvalue weighted by Crippen LogP contribution is -2.37. The molecule has 1 saturated heterocycles. The van der Waals surface area contributed by atoms with Gasteiger partial charge in [-0.15, -0.1) is 0 Å². The van der Waals surface area contributed by atoms with Crippen molar-refractivity contribution in [2.24, 2.45) is 0 Å². The average molecular weight is 259 g/mol. The van der Waals surface area contributed by atoms with Gasteiger partial charge >= 0.3 is 0 Å². The van der Waals surface area contributed by atoms with Crippen molar-refractivity contribution in [2.75, 3.05) is 6.61 Å². The third-order valence-corrected chi connectivity index (χ3v) is 3.12. The molecule has 2 unspecified atom stereocenters. The summed E-state index contributed by atoms with van der Waals surface area (Å²) in [6.45, 7) is 3.00. The van der Waals surface area contributed by atoms with E-state index >= 15 is 0 Å². The van der Waals surface area contributed by atoms with Crippen LogP contribution in [0.4, 0.5) is 13.2 Å². The molecule has 1 N–H and O–H groups in total. The van der Waals surface area contributed by atoms with Crippen LogP contribution in [0.25, 0.3) is 0 Å². The molecule has 1 aliphatic rings. The predicted octanol–water partition coefficient (Wildman–Crippen LogP) is 2.76. The van der Waals surface area contributed by atoms with Crippen LogP contribution in [0.5, 0.6) is 0 Å². The molecule has 18 heavy (non-hydrogen) atoms. The highest BCUT2D eigenvalue weighted by molar-refractivity contribution is 5.19. The molecule has 1 heterocycles. The van der Waals surface area contributed by atoms with Gasteiger partial charge in [0.1, 0.15) is 0 Å². The van der Waals surface area contributed by atoms with Crippen molar-refractivity contribution >= 4 is 0 Å². The Labute approximate surface area is 104 Å². The van der Waals surface area contributed by atoms with Crippen LogP contribution in [-0.2, 0) is 11.3 Å². The minimum Gasteiger partial charge on any atom is -0.378 e. The first-order chi connectivity index (χ1) is 8.56. The van der Waals surface area contributed by atoms with Crippen molar-refractivity contribution in [2.45, 2.75) is 38.5 Å². The molecule has 2 rings (SSSR count). The van der Waals surface area contributed by atoms with Crippen LogP contribution in [0.15, 0.2) is 12.1 Å². The first kappa shape index (κ1) is 13.4. The number of hydrogen-bond donors (Lipinski definition) is 1. The normalized spacial score (nSPS) is 24.2. The fourth-order valence-corrected chi connectivity index (χ4v) is 2.16. The van der Waals surface area contributed by atoms with Gasteiger partial charge in [0.05, 0.1) is 6.10 Å². The van der Waals surface area contributed by atoms with E-state index in [9.17, 15) is 13.2 Å². The second-order valence-corrected chi connectivity index (χ2v) is 4.66. The molecule has 100 valence electrons. The molecule has 1 aromatic carbocycles. The van der Waals surface area contributed by atoms with Gasteiger partial charge in [0, 0.05) is 19.2 Å². The van der Waals surface area contributed by atoms with E-state index in [1.54, 1.807) is 0 Å². The lowest BCUT2D eigenvalue weighted by Gasteiger charge is -2.28. The number of rotatable bonds is 3. The number of benzene rings is 1. The SMILES string of the molecule is CC1CC(NCc2cc(F)c(F)c(F)c2)CCO1. The van der Waals surface area contributed by atoms with Gasteiger partial charge in [-0.25, -0.2) is 13.2 Å². The maximum Gasteiger partial charge on any atom is 0.194 e. The quantitative estimate of drug-likeness (QED) is 0.843. The zero-order chi connectivity index (χ0) is 13.1. The predicted molar refractivity (Wildman–Crippen MR) is 61.6 cm³/mol. The van der Waals surface area contributed by atoms with E-state index in [0.717, 1.165) is 25.0 Å². The van der Waals surface area contributed by atoms with Gasteiger partial charge in [-0.3, -0.25) is 0 Å². The first-order valence-electron chi connectivity index (χ1n) is 6.04. The van der Waals surface area contributed by atoms with Crippen LogP contribution in [0.1, 0.15) is 25.3 Å². The number of nitrogens with one attached hydrogen (secondary N) is 1. The van der Waals surface area contributed by atoms with E-state index in [2.05, 4.69) is 5.32 Å². The van der Waals surface area contributed by atoms with Crippen molar-refractivity contribution in [1.29, 1.82) is 0 Å². The lowest BCUT2D eigenvalue weighted by atomic mass is 10.0. The third-order valence-electron chi connectivity index (χ3n) is 3.12. The molecule has 0 radical (unpaired) electrons. The van der Waals surface area contributed by atoms with Crippen molar-refractivity contribution in [1.82, 2.24) is 5.32 Å². The summed E-state index contributed by atoms with van der Waals surface area (Å²) in [6.07, 6.45) is 1.93. The molecule has 5 heteroatoms. The Kier molecular flexibility index (Phi) is 4.24. The summed E-state index contributed by atoms with van der Waals surface area (Å²) < 4.78 is 44.2. The van der Waals surface area contributed by atoms with Gasteiger partial charge in [-0.2, -0.15) is 0 Å². The Morgan fingerprint density at radius 3 is 2.56 bits per heavy atom. The number of hydrogen-bond acceptors (Lipinski definition) is 2. The van der Waals surface area contributed by atoms with E-state index in [-0.39, 0.29) is 12.1 Å². The second-order valence-electron chi connectivity index (χ2n) is 4.66. The van der Waals surface area contributed by atoms with E-state index in [0.29, 0.717) is 18.7 Å². The van der Waals surface area contributed by atoms with Crippen molar-refractivity contribution in [3.8, 4) is 0 Å². The number of halogens is 3. The van der Waals surface area contributed by atoms with Gasteiger partial charge < -0.3 is 10.1 Å². The van der Waals surface area contributed by atoms with Crippen LogP contribution in [0.3, 0.4) is 0 Å². The molecule has 0 aromatic heterocycles. The molecule has 2 atom stereocenters. The van der Waals surface area contributed by atoms with Gasteiger partial charge in [0.15, 0.2) is 17.5 Å². The summed E-state index contributed by atoms with van der Waals surface area (Å²) in [5.74, 6) is -3.71. The van der Waals surface area contributed by atoms with Crippen molar-refractivity contribution in [3.05, 3.63) is 35.1 Å². The molecular weight excluding hydrogens is 243 g/mol. The molecule has 0 saturated carbocycles. The molecule has 0 spiro atoms. The summed E-state index contributed by atoms with van der Waals surface area (Å²) >= 11 is 0. The molecule has 1 fully saturated rings. The average Bonchev–Trinajstić information content (AvgIpc) is 2.33. The van der Waals surface area contributed by atoms with Crippen LogP contribution < -0.4 is 5.32 Å². The molecule has 1 aliphatic heterocycles. The summed E-state index contributed by atoms with van der Waals surface area (Å²) in [5, 5.41) is 3.21. The molecule has 0 bridgehead atoms.